The van der Waals surface area contributed by atoms with Crippen LogP contribution in [0.15, 0.2) is 29.8 Å². The fraction of sp³-hybridized carbons (Fsp3) is 0.357. The minimum absolute atomic E-state index is 0.187. The standard InChI is InChI=1S/C14H15F3N2OS/c1-19(2)13-8-11(14(15,16)17)12(9-18-13)20-6-5-10-4-3-7-21-10/h3-4,7-9H,5-6H2,1-2H3. The number of alkyl halides is 3. The molecule has 2 rings (SSSR count). The number of hydrogen-bond acceptors (Lipinski definition) is 4. The van der Waals surface area contributed by atoms with Crippen molar-refractivity contribution in [1.29, 1.82) is 0 Å². The van der Waals surface area contributed by atoms with Gasteiger partial charge < -0.3 is 9.64 Å². The number of anilines is 1. The first kappa shape index (κ1) is 15.6. The highest BCUT2D eigenvalue weighted by Crippen LogP contribution is 2.37. The molecule has 7 heteroatoms. The third-order valence-electron chi connectivity index (χ3n) is 2.80. The molecule has 0 fully saturated rings. The van der Waals surface area contributed by atoms with Gasteiger partial charge >= 0.3 is 6.18 Å². The van der Waals surface area contributed by atoms with Gasteiger partial charge in [-0.25, -0.2) is 4.98 Å². The van der Waals surface area contributed by atoms with Gasteiger partial charge in [0.2, 0.25) is 0 Å². The number of pyridine rings is 1. The van der Waals surface area contributed by atoms with Crippen molar-refractivity contribution >= 4 is 17.2 Å². The van der Waals surface area contributed by atoms with Gasteiger partial charge in [0.15, 0.2) is 0 Å². The van der Waals surface area contributed by atoms with Crippen molar-refractivity contribution in [2.24, 2.45) is 0 Å². The first-order chi connectivity index (χ1) is 9.88. The molecule has 0 saturated carbocycles. The summed E-state index contributed by atoms with van der Waals surface area (Å²) in [4.78, 5) is 6.56. The Morgan fingerprint density at radius 1 is 1.33 bits per heavy atom. The molecule has 0 spiro atoms. The summed E-state index contributed by atoms with van der Waals surface area (Å²) in [7, 11) is 3.28. The number of halogens is 3. The second-order valence-corrected chi connectivity index (χ2v) is 5.64. The number of rotatable bonds is 5. The third-order valence-corrected chi connectivity index (χ3v) is 3.74. The zero-order chi connectivity index (χ0) is 15.5. The average molecular weight is 316 g/mol. The molecule has 0 bridgehead atoms. The van der Waals surface area contributed by atoms with Crippen LogP contribution >= 0.6 is 11.3 Å². The lowest BCUT2D eigenvalue weighted by Crippen LogP contribution is -2.15. The first-order valence-corrected chi connectivity index (χ1v) is 7.15. The topological polar surface area (TPSA) is 25.4 Å². The number of aromatic nitrogens is 1. The van der Waals surface area contributed by atoms with Crippen LogP contribution < -0.4 is 9.64 Å². The van der Waals surface area contributed by atoms with Crippen LogP contribution in [0.5, 0.6) is 5.75 Å². The number of thiophene rings is 1. The molecule has 2 aromatic heterocycles. The zero-order valence-electron chi connectivity index (χ0n) is 11.6. The van der Waals surface area contributed by atoms with Crippen LogP contribution in [0.4, 0.5) is 19.0 Å². The van der Waals surface area contributed by atoms with E-state index in [0.717, 1.165) is 17.1 Å². The molecule has 2 aromatic rings. The van der Waals surface area contributed by atoms with Crippen LogP contribution in [0.1, 0.15) is 10.4 Å². The highest BCUT2D eigenvalue weighted by atomic mass is 32.1. The Balaban J connectivity index is 2.14. The van der Waals surface area contributed by atoms with Crippen molar-refractivity contribution in [3.8, 4) is 5.75 Å². The molecule has 0 unspecified atom stereocenters. The van der Waals surface area contributed by atoms with Gasteiger partial charge in [0.1, 0.15) is 17.1 Å². The second-order valence-electron chi connectivity index (χ2n) is 4.61. The lowest BCUT2D eigenvalue weighted by Gasteiger charge is -2.17. The van der Waals surface area contributed by atoms with E-state index in [4.69, 9.17) is 4.74 Å². The van der Waals surface area contributed by atoms with Crippen molar-refractivity contribution in [1.82, 2.24) is 4.98 Å². The molecule has 0 atom stereocenters. The number of hydrogen-bond donors (Lipinski definition) is 0. The number of nitrogens with zero attached hydrogens (tertiary/aromatic N) is 2. The highest BCUT2D eigenvalue weighted by Gasteiger charge is 2.35. The van der Waals surface area contributed by atoms with Crippen molar-refractivity contribution in [3.05, 3.63) is 40.2 Å². The van der Waals surface area contributed by atoms with Crippen LogP contribution in [0.25, 0.3) is 0 Å². The minimum Gasteiger partial charge on any atom is -0.491 e. The van der Waals surface area contributed by atoms with Gasteiger partial charge in [0.25, 0.3) is 0 Å². The summed E-state index contributed by atoms with van der Waals surface area (Å²) in [6, 6.07) is 4.82. The average Bonchev–Trinajstić information content (AvgIpc) is 2.90. The van der Waals surface area contributed by atoms with Crippen LogP contribution in [-0.2, 0) is 12.6 Å². The minimum atomic E-state index is -4.47. The van der Waals surface area contributed by atoms with E-state index in [1.165, 1.54) is 4.90 Å². The zero-order valence-corrected chi connectivity index (χ0v) is 12.5. The summed E-state index contributed by atoms with van der Waals surface area (Å²) in [5.74, 6) is 0.0117. The lowest BCUT2D eigenvalue weighted by atomic mass is 10.2. The maximum Gasteiger partial charge on any atom is 0.420 e. The maximum atomic E-state index is 13.1. The summed E-state index contributed by atoms with van der Waals surface area (Å²) in [5, 5.41) is 1.92. The molecule has 0 aromatic carbocycles. The molecule has 0 aliphatic heterocycles. The Hall–Kier alpha value is -1.76. The largest absolute Gasteiger partial charge is 0.491 e. The van der Waals surface area contributed by atoms with Gasteiger partial charge in [0, 0.05) is 25.4 Å². The van der Waals surface area contributed by atoms with E-state index in [0.29, 0.717) is 6.42 Å². The third kappa shape index (κ3) is 4.10. The summed E-state index contributed by atoms with van der Waals surface area (Å²) in [6.07, 6.45) is -2.76. The Morgan fingerprint density at radius 2 is 2.10 bits per heavy atom. The molecule has 2 heterocycles. The van der Waals surface area contributed by atoms with E-state index in [2.05, 4.69) is 4.98 Å². The Labute approximate surface area is 125 Å². The monoisotopic (exact) mass is 316 g/mol. The van der Waals surface area contributed by atoms with Gasteiger partial charge in [-0.05, 0) is 17.5 Å². The Kier molecular flexibility index (Phi) is 4.72. The van der Waals surface area contributed by atoms with E-state index in [-0.39, 0.29) is 18.2 Å². The van der Waals surface area contributed by atoms with E-state index in [1.54, 1.807) is 25.4 Å². The molecular formula is C14H15F3N2OS. The maximum absolute atomic E-state index is 13.1. The van der Waals surface area contributed by atoms with Crippen molar-refractivity contribution < 1.29 is 17.9 Å². The molecule has 0 saturated heterocycles. The second kappa shape index (κ2) is 6.34. The van der Waals surface area contributed by atoms with Gasteiger partial charge in [-0.3, -0.25) is 0 Å². The molecule has 0 N–H and O–H groups in total. The quantitative estimate of drug-likeness (QED) is 0.838. The predicted molar refractivity (Wildman–Crippen MR) is 77.1 cm³/mol. The van der Waals surface area contributed by atoms with Gasteiger partial charge in [-0.15, -0.1) is 11.3 Å². The van der Waals surface area contributed by atoms with Gasteiger partial charge in [0.05, 0.1) is 12.8 Å². The van der Waals surface area contributed by atoms with E-state index >= 15 is 0 Å². The normalized spacial score (nSPS) is 11.5. The number of ether oxygens (including phenoxy) is 1. The molecular weight excluding hydrogens is 301 g/mol. The molecule has 3 nitrogen and oxygen atoms in total. The van der Waals surface area contributed by atoms with Gasteiger partial charge in [-0.1, -0.05) is 6.07 Å². The fourth-order valence-electron chi connectivity index (χ4n) is 1.73. The SMILES string of the molecule is CN(C)c1cc(C(F)(F)F)c(OCCc2cccs2)cn1. The van der Waals surface area contributed by atoms with Crippen molar-refractivity contribution in [3.63, 3.8) is 0 Å². The van der Waals surface area contributed by atoms with Crippen LogP contribution in [0, 0.1) is 0 Å². The predicted octanol–water partition coefficient (Wildman–Crippen LogP) is 3.85. The highest BCUT2D eigenvalue weighted by molar-refractivity contribution is 7.09. The summed E-state index contributed by atoms with van der Waals surface area (Å²) in [5.41, 5.74) is -0.799. The summed E-state index contributed by atoms with van der Waals surface area (Å²) < 4.78 is 44.5. The van der Waals surface area contributed by atoms with E-state index in [1.807, 2.05) is 17.5 Å². The van der Waals surface area contributed by atoms with E-state index < -0.39 is 11.7 Å². The Morgan fingerprint density at radius 3 is 2.67 bits per heavy atom. The molecule has 0 aliphatic rings. The molecule has 0 radical (unpaired) electrons. The van der Waals surface area contributed by atoms with E-state index in [9.17, 15) is 13.2 Å². The van der Waals surface area contributed by atoms with Crippen molar-refractivity contribution in [2.75, 3.05) is 25.6 Å². The molecule has 0 amide bonds. The van der Waals surface area contributed by atoms with Crippen LogP contribution in [0.2, 0.25) is 0 Å². The van der Waals surface area contributed by atoms with Crippen LogP contribution in [0.3, 0.4) is 0 Å². The Bertz CT molecular complexity index is 582. The molecule has 21 heavy (non-hydrogen) atoms. The lowest BCUT2D eigenvalue weighted by molar-refractivity contribution is -0.139. The smallest absolute Gasteiger partial charge is 0.420 e. The van der Waals surface area contributed by atoms with Crippen molar-refractivity contribution in [2.45, 2.75) is 12.6 Å². The molecule has 0 aliphatic carbocycles. The summed E-state index contributed by atoms with van der Waals surface area (Å²) in [6.45, 7) is 0.187. The summed E-state index contributed by atoms with van der Waals surface area (Å²) >= 11 is 1.55. The first-order valence-electron chi connectivity index (χ1n) is 6.27. The van der Waals surface area contributed by atoms with Crippen LogP contribution in [-0.4, -0.2) is 25.7 Å². The van der Waals surface area contributed by atoms with Gasteiger partial charge in [-0.2, -0.15) is 13.2 Å². The fourth-order valence-corrected chi connectivity index (χ4v) is 2.42. The molecule has 114 valence electrons.